The first-order valence-electron chi connectivity index (χ1n) is 6.49. The Kier molecular flexibility index (Phi) is 5.01. The van der Waals surface area contributed by atoms with E-state index in [1.54, 1.807) is 11.3 Å². The molecule has 2 N–H and O–H groups in total. The van der Waals surface area contributed by atoms with Gasteiger partial charge in [0.1, 0.15) is 5.75 Å². The molecule has 5 heteroatoms. The fourth-order valence-electron chi connectivity index (χ4n) is 1.72. The van der Waals surface area contributed by atoms with E-state index in [0.717, 1.165) is 11.4 Å². The number of hydrogen-bond acceptors (Lipinski definition) is 3. The van der Waals surface area contributed by atoms with Crippen LogP contribution in [0.5, 0.6) is 5.75 Å². The summed E-state index contributed by atoms with van der Waals surface area (Å²) >= 11 is 1.65. The van der Waals surface area contributed by atoms with Gasteiger partial charge in [-0.1, -0.05) is 0 Å². The van der Waals surface area contributed by atoms with E-state index in [0.29, 0.717) is 13.2 Å². The summed E-state index contributed by atoms with van der Waals surface area (Å²) in [5.41, 5.74) is 1.95. The number of aryl methyl sites for hydroxylation is 1. The third-order valence-corrected chi connectivity index (χ3v) is 3.82. The smallest absolute Gasteiger partial charge is 0.319 e. The Balaban J connectivity index is 1.83. The van der Waals surface area contributed by atoms with Crippen LogP contribution in [0.4, 0.5) is 10.5 Å². The number of anilines is 1. The van der Waals surface area contributed by atoms with E-state index in [9.17, 15) is 4.79 Å². The van der Waals surface area contributed by atoms with Gasteiger partial charge in [0.2, 0.25) is 0 Å². The molecule has 1 aromatic heterocycles. The molecule has 1 aromatic carbocycles. The van der Waals surface area contributed by atoms with Crippen molar-refractivity contribution in [2.75, 3.05) is 11.9 Å². The van der Waals surface area contributed by atoms with Gasteiger partial charge in [0.25, 0.3) is 0 Å². The van der Waals surface area contributed by atoms with Crippen molar-refractivity contribution in [2.24, 2.45) is 0 Å². The molecule has 0 bridgehead atoms. The van der Waals surface area contributed by atoms with Gasteiger partial charge in [0.05, 0.1) is 13.2 Å². The number of carbonyl (C=O) groups excluding carboxylic acids is 1. The van der Waals surface area contributed by atoms with Crippen molar-refractivity contribution in [1.82, 2.24) is 5.32 Å². The highest BCUT2D eigenvalue weighted by atomic mass is 32.1. The van der Waals surface area contributed by atoms with Crippen molar-refractivity contribution >= 4 is 23.1 Å². The molecule has 0 saturated heterocycles. The summed E-state index contributed by atoms with van der Waals surface area (Å²) in [4.78, 5) is 13.0. The summed E-state index contributed by atoms with van der Waals surface area (Å²) < 4.78 is 5.35. The number of urea groups is 1. The largest absolute Gasteiger partial charge is 0.494 e. The Hall–Kier alpha value is -2.01. The van der Waals surface area contributed by atoms with Gasteiger partial charge >= 0.3 is 6.03 Å². The Bertz CT molecular complexity index is 564. The minimum Gasteiger partial charge on any atom is -0.494 e. The second kappa shape index (κ2) is 6.96. The van der Waals surface area contributed by atoms with Gasteiger partial charge in [-0.25, -0.2) is 4.79 Å². The first-order valence-corrected chi connectivity index (χ1v) is 7.37. The predicted molar refractivity (Wildman–Crippen MR) is 82.5 cm³/mol. The van der Waals surface area contributed by atoms with E-state index >= 15 is 0 Å². The minimum atomic E-state index is -0.207. The number of ether oxygens (including phenoxy) is 1. The predicted octanol–water partition coefficient (Wildman–Crippen LogP) is 3.78. The molecule has 2 amide bonds. The molecule has 0 atom stereocenters. The lowest BCUT2D eigenvalue weighted by Gasteiger charge is -2.08. The highest BCUT2D eigenvalue weighted by Crippen LogP contribution is 2.16. The fourth-order valence-corrected chi connectivity index (χ4v) is 2.57. The van der Waals surface area contributed by atoms with Crippen molar-refractivity contribution in [3.8, 4) is 5.75 Å². The maximum atomic E-state index is 11.8. The van der Waals surface area contributed by atoms with E-state index < -0.39 is 0 Å². The third-order valence-electron chi connectivity index (χ3n) is 2.80. The SMILES string of the molecule is CCOc1ccc(NC(=O)NCc2sccc2C)cc1. The summed E-state index contributed by atoms with van der Waals surface area (Å²) in [5, 5.41) is 7.66. The van der Waals surface area contributed by atoms with Gasteiger partial charge in [-0.15, -0.1) is 11.3 Å². The van der Waals surface area contributed by atoms with Gasteiger partial charge < -0.3 is 15.4 Å². The summed E-state index contributed by atoms with van der Waals surface area (Å²) in [5.74, 6) is 0.799. The lowest BCUT2D eigenvalue weighted by molar-refractivity contribution is 0.252. The molecule has 0 unspecified atom stereocenters. The van der Waals surface area contributed by atoms with Crippen LogP contribution in [-0.2, 0) is 6.54 Å². The second-order valence-electron chi connectivity index (χ2n) is 4.29. The highest BCUT2D eigenvalue weighted by Gasteiger charge is 2.04. The van der Waals surface area contributed by atoms with Gasteiger partial charge in [-0.05, 0) is 55.1 Å². The van der Waals surface area contributed by atoms with Crippen molar-refractivity contribution in [3.63, 3.8) is 0 Å². The summed E-state index contributed by atoms with van der Waals surface area (Å²) in [6.45, 7) is 5.16. The van der Waals surface area contributed by atoms with Gasteiger partial charge in [-0.2, -0.15) is 0 Å². The van der Waals surface area contributed by atoms with Crippen LogP contribution in [0.2, 0.25) is 0 Å². The molecule has 1 heterocycles. The zero-order chi connectivity index (χ0) is 14.4. The molecule has 0 aliphatic rings. The quantitative estimate of drug-likeness (QED) is 0.880. The number of amides is 2. The Morgan fingerprint density at radius 2 is 2.00 bits per heavy atom. The average Bonchev–Trinajstić information content (AvgIpc) is 2.84. The molecule has 4 nitrogen and oxygen atoms in total. The number of benzene rings is 1. The van der Waals surface area contributed by atoms with Crippen LogP contribution < -0.4 is 15.4 Å². The maximum absolute atomic E-state index is 11.8. The Morgan fingerprint density at radius 3 is 2.60 bits per heavy atom. The zero-order valence-electron chi connectivity index (χ0n) is 11.6. The van der Waals surface area contributed by atoms with Gasteiger partial charge in [0, 0.05) is 10.6 Å². The number of hydrogen-bond donors (Lipinski definition) is 2. The molecule has 0 radical (unpaired) electrons. The molecule has 0 aliphatic heterocycles. The topological polar surface area (TPSA) is 50.4 Å². The maximum Gasteiger partial charge on any atom is 0.319 e. The van der Waals surface area contributed by atoms with Crippen LogP contribution in [0.25, 0.3) is 0 Å². The summed E-state index contributed by atoms with van der Waals surface area (Å²) in [6.07, 6.45) is 0. The lowest BCUT2D eigenvalue weighted by atomic mass is 10.3. The van der Waals surface area contributed by atoms with Crippen LogP contribution >= 0.6 is 11.3 Å². The summed E-state index contributed by atoms with van der Waals surface area (Å²) in [6, 6.07) is 9.15. The molecular formula is C15H18N2O2S. The van der Waals surface area contributed by atoms with Crippen molar-refractivity contribution < 1.29 is 9.53 Å². The molecule has 2 rings (SSSR count). The normalized spacial score (nSPS) is 10.1. The molecule has 106 valence electrons. The van der Waals surface area contributed by atoms with Crippen LogP contribution in [-0.4, -0.2) is 12.6 Å². The number of nitrogens with one attached hydrogen (secondary N) is 2. The first kappa shape index (κ1) is 14.4. The van der Waals surface area contributed by atoms with Crippen molar-refractivity contribution in [1.29, 1.82) is 0 Å². The Labute approximate surface area is 122 Å². The van der Waals surface area contributed by atoms with E-state index in [-0.39, 0.29) is 6.03 Å². The van der Waals surface area contributed by atoms with Crippen LogP contribution in [0.1, 0.15) is 17.4 Å². The standard InChI is InChI=1S/C15H18N2O2S/c1-3-19-13-6-4-12(5-7-13)17-15(18)16-10-14-11(2)8-9-20-14/h4-9H,3,10H2,1-2H3,(H2,16,17,18). The minimum absolute atomic E-state index is 0.207. The van der Waals surface area contributed by atoms with Crippen LogP contribution in [0.15, 0.2) is 35.7 Å². The van der Waals surface area contributed by atoms with Crippen molar-refractivity contribution in [2.45, 2.75) is 20.4 Å². The van der Waals surface area contributed by atoms with Crippen molar-refractivity contribution in [3.05, 3.63) is 46.2 Å². The molecule has 0 spiro atoms. The average molecular weight is 290 g/mol. The molecule has 0 aliphatic carbocycles. The first-order chi connectivity index (χ1) is 9.69. The fraction of sp³-hybridized carbons (Fsp3) is 0.267. The Morgan fingerprint density at radius 1 is 1.25 bits per heavy atom. The molecule has 0 saturated carbocycles. The number of thiophene rings is 1. The number of carbonyl (C=O) groups is 1. The summed E-state index contributed by atoms with van der Waals surface area (Å²) in [7, 11) is 0. The molecule has 0 fully saturated rings. The highest BCUT2D eigenvalue weighted by molar-refractivity contribution is 7.10. The molecule has 20 heavy (non-hydrogen) atoms. The van der Waals surface area contributed by atoms with E-state index in [4.69, 9.17) is 4.74 Å². The third kappa shape index (κ3) is 3.99. The number of rotatable bonds is 5. The van der Waals surface area contributed by atoms with E-state index in [2.05, 4.69) is 10.6 Å². The van der Waals surface area contributed by atoms with Gasteiger partial charge in [-0.3, -0.25) is 0 Å². The van der Waals surface area contributed by atoms with E-state index in [1.165, 1.54) is 10.4 Å². The van der Waals surface area contributed by atoms with E-state index in [1.807, 2.05) is 49.6 Å². The zero-order valence-corrected chi connectivity index (χ0v) is 12.4. The molecular weight excluding hydrogens is 272 g/mol. The van der Waals surface area contributed by atoms with Crippen LogP contribution in [0, 0.1) is 6.92 Å². The molecule has 2 aromatic rings. The van der Waals surface area contributed by atoms with Gasteiger partial charge in [0.15, 0.2) is 0 Å². The van der Waals surface area contributed by atoms with Crippen LogP contribution in [0.3, 0.4) is 0 Å². The lowest BCUT2D eigenvalue weighted by Crippen LogP contribution is -2.28. The second-order valence-corrected chi connectivity index (χ2v) is 5.29. The monoisotopic (exact) mass is 290 g/mol.